The van der Waals surface area contributed by atoms with Gasteiger partial charge in [0.2, 0.25) is 0 Å². The second-order valence-corrected chi connectivity index (χ2v) is 4.52. The van der Waals surface area contributed by atoms with Crippen LogP contribution in [-0.4, -0.2) is 40.2 Å². The summed E-state index contributed by atoms with van der Waals surface area (Å²) in [4.78, 5) is 11.4. The fourth-order valence-electron chi connectivity index (χ4n) is 1.01. The lowest BCUT2D eigenvalue weighted by molar-refractivity contribution is 0.0305. The Hall–Kier alpha value is -1.25. The molecule has 0 rings (SSSR count). The molecule has 3 N–H and O–H groups in total. The molecule has 0 aliphatic rings. The number of carbonyl (C=O) groups excluding carboxylic acids is 1. The fourth-order valence-corrected chi connectivity index (χ4v) is 1.01. The third-order valence-corrected chi connectivity index (χ3v) is 1.71. The number of rotatable bonds is 3. The third kappa shape index (κ3) is 5.59. The Bertz CT molecular complexity index is 275. The van der Waals surface area contributed by atoms with Gasteiger partial charge in [-0.2, -0.15) is 0 Å². The number of aliphatic hydroxyl groups is 2. The molecule has 0 aliphatic heterocycles. The van der Waals surface area contributed by atoms with Crippen LogP contribution in [0.1, 0.15) is 27.7 Å². The van der Waals surface area contributed by atoms with Crippen molar-refractivity contribution in [1.29, 1.82) is 0 Å². The van der Waals surface area contributed by atoms with Gasteiger partial charge < -0.3 is 20.3 Å². The molecule has 92 valence electrons. The molecule has 5 nitrogen and oxygen atoms in total. The summed E-state index contributed by atoms with van der Waals surface area (Å²) in [5.41, 5.74) is -0.644. The summed E-state index contributed by atoms with van der Waals surface area (Å²) in [6, 6.07) is -0.945. The molecule has 0 heterocycles. The lowest BCUT2D eigenvalue weighted by Gasteiger charge is -2.26. The highest BCUT2D eigenvalue weighted by Crippen LogP contribution is 2.08. The predicted molar refractivity (Wildman–Crippen MR) is 59.7 cm³/mol. The zero-order valence-corrected chi connectivity index (χ0v) is 10.0. The van der Waals surface area contributed by atoms with E-state index in [1.807, 2.05) is 5.92 Å². The van der Waals surface area contributed by atoms with Gasteiger partial charge in [0.1, 0.15) is 11.7 Å². The predicted octanol–water partition coefficient (Wildman–Crippen LogP) is 0.255. The largest absolute Gasteiger partial charge is 0.444 e. The summed E-state index contributed by atoms with van der Waals surface area (Å²) in [5.74, 6) is 2.04. The summed E-state index contributed by atoms with van der Waals surface area (Å²) in [5, 5.41) is 21.0. The Balaban J connectivity index is 4.43. The summed E-state index contributed by atoms with van der Waals surface area (Å²) in [6.45, 7) is 6.55. The Kier molecular flexibility index (Phi) is 5.28. The number of ether oxygens (including phenoxy) is 1. The van der Waals surface area contributed by atoms with Crippen molar-refractivity contribution in [2.75, 3.05) is 0 Å². The molecule has 0 aromatic rings. The monoisotopic (exact) mass is 229 g/mol. The zero-order chi connectivity index (χ0) is 12.9. The third-order valence-electron chi connectivity index (χ3n) is 1.71. The number of amides is 1. The van der Waals surface area contributed by atoms with Crippen LogP contribution < -0.4 is 5.32 Å². The minimum atomic E-state index is -1.26. The van der Waals surface area contributed by atoms with E-state index in [2.05, 4.69) is 5.32 Å². The van der Waals surface area contributed by atoms with Crippen molar-refractivity contribution in [3.63, 3.8) is 0 Å². The van der Waals surface area contributed by atoms with Gasteiger partial charge in [-0.25, -0.2) is 4.79 Å². The first kappa shape index (κ1) is 14.8. The van der Waals surface area contributed by atoms with Crippen LogP contribution in [0.4, 0.5) is 4.79 Å². The first-order valence-corrected chi connectivity index (χ1v) is 4.99. The zero-order valence-electron chi connectivity index (χ0n) is 10.0. The van der Waals surface area contributed by atoms with Gasteiger partial charge in [0.05, 0.1) is 12.1 Å². The maximum absolute atomic E-state index is 11.4. The maximum Gasteiger partial charge on any atom is 0.408 e. The number of hydrogen-bond acceptors (Lipinski definition) is 4. The van der Waals surface area contributed by atoms with Crippen molar-refractivity contribution in [2.24, 2.45) is 0 Å². The molecule has 0 aliphatic carbocycles. The van der Waals surface area contributed by atoms with Crippen molar-refractivity contribution in [3.8, 4) is 12.3 Å². The Morgan fingerprint density at radius 2 is 1.94 bits per heavy atom. The van der Waals surface area contributed by atoms with Crippen LogP contribution in [0.15, 0.2) is 0 Å². The Morgan fingerprint density at radius 3 is 2.25 bits per heavy atom. The lowest BCUT2D eigenvalue weighted by atomic mass is 10.1. The molecular weight excluding hydrogens is 210 g/mol. The van der Waals surface area contributed by atoms with Gasteiger partial charge >= 0.3 is 6.09 Å². The van der Waals surface area contributed by atoms with E-state index < -0.39 is 29.9 Å². The normalized spacial score (nSPS) is 16.8. The summed E-state index contributed by atoms with van der Waals surface area (Å²) in [7, 11) is 0. The number of aliphatic hydroxyl groups excluding tert-OH is 2. The summed E-state index contributed by atoms with van der Waals surface area (Å²) >= 11 is 0. The van der Waals surface area contributed by atoms with E-state index >= 15 is 0 Å². The minimum Gasteiger partial charge on any atom is -0.444 e. The molecular formula is C11H19NO4. The van der Waals surface area contributed by atoms with E-state index in [0.717, 1.165) is 0 Å². The van der Waals surface area contributed by atoms with E-state index in [4.69, 9.17) is 11.2 Å². The van der Waals surface area contributed by atoms with E-state index in [0.29, 0.717) is 0 Å². The molecule has 0 radical (unpaired) electrons. The quantitative estimate of drug-likeness (QED) is 0.606. The molecule has 0 bridgehead atoms. The fraction of sp³-hybridized carbons (Fsp3) is 0.727. The molecule has 0 saturated heterocycles. The van der Waals surface area contributed by atoms with Crippen LogP contribution >= 0.6 is 0 Å². The average molecular weight is 229 g/mol. The van der Waals surface area contributed by atoms with Gasteiger partial charge in [-0.3, -0.25) is 0 Å². The van der Waals surface area contributed by atoms with Crippen LogP contribution in [-0.2, 0) is 4.74 Å². The minimum absolute atomic E-state index is 0.644. The van der Waals surface area contributed by atoms with Gasteiger partial charge in [0.15, 0.2) is 0 Å². The van der Waals surface area contributed by atoms with E-state index in [1.165, 1.54) is 6.92 Å². The van der Waals surface area contributed by atoms with Crippen molar-refractivity contribution in [3.05, 3.63) is 0 Å². The van der Waals surface area contributed by atoms with Gasteiger partial charge in [-0.1, -0.05) is 5.92 Å². The van der Waals surface area contributed by atoms with Gasteiger partial charge in [0, 0.05) is 0 Å². The van der Waals surface area contributed by atoms with E-state index in [9.17, 15) is 15.0 Å². The highest BCUT2D eigenvalue weighted by Gasteiger charge is 2.26. The number of terminal acetylenes is 1. The van der Waals surface area contributed by atoms with Crippen LogP contribution in [0, 0.1) is 12.3 Å². The molecule has 5 heteroatoms. The maximum atomic E-state index is 11.4. The van der Waals surface area contributed by atoms with Crippen LogP contribution in [0.25, 0.3) is 0 Å². The van der Waals surface area contributed by atoms with Gasteiger partial charge in [0.25, 0.3) is 0 Å². The molecule has 3 atom stereocenters. The van der Waals surface area contributed by atoms with Crippen LogP contribution in [0.2, 0.25) is 0 Å². The van der Waals surface area contributed by atoms with Crippen molar-refractivity contribution >= 4 is 6.09 Å². The Labute approximate surface area is 95.8 Å². The van der Waals surface area contributed by atoms with Crippen molar-refractivity contribution in [2.45, 2.75) is 51.5 Å². The van der Waals surface area contributed by atoms with E-state index in [-0.39, 0.29) is 0 Å². The molecule has 0 unspecified atom stereocenters. The number of carbonyl (C=O) groups is 1. The highest BCUT2D eigenvalue weighted by atomic mass is 16.6. The number of nitrogens with one attached hydrogen (secondary N) is 1. The smallest absolute Gasteiger partial charge is 0.408 e. The van der Waals surface area contributed by atoms with Crippen LogP contribution in [0.5, 0.6) is 0 Å². The summed E-state index contributed by atoms with van der Waals surface area (Å²) in [6.07, 6.45) is 2.05. The van der Waals surface area contributed by atoms with Crippen molar-refractivity contribution < 1.29 is 19.7 Å². The topological polar surface area (TPSA) is 78.8 Å². The Morgan fingerprint density at radius 1 is 1.44 bits per heavy atom. The van der Waals surface area contributed by atoms with Crippen molar-refractivity contribution in [1.82, 2.24) is 5.32 Å². The lowest BCUT2D eigenvalue weighted by Crippen LogP contribution is -2.50. The second-order valence-electron chi connectivity index (χ2n) is 4.52. The molecule has 0 saturated carbocycles. The summed E-state index contributed by atoms with van der Waals surface area (Å²) < 4.78 is 4.97. The van der Waals surface area contributed by atoms with Crippen LogP contribution in [0.3, 0.4) is 0 Å². The first-order chi connectivity index (χ1) is 7.17. The first-order valence-electron chi connectivity index (χ1n) is 4.99. The number of alkyl carbamates (subject to hydrolysis) is 1. The molecule has 16 heavy (non-hydrogen) atoms. The average Bonchev–Trinajstić information content (AvgIpc) is 2.09. The molecule has 0 fully saturated rings. The highest BCUT2D eigenvalue weighted by molar-refractivity contribution is 5.68. The molecule has 0 aromatic heterocycles. The van der Waals surface area contributed by atoms with E-state index in [1.54, 1.807) is 20.8 Å². The van der Waals surface area contributed by atoms with Gasteiger partial charge in [-0.05, 0) is 27.7 Å². The van der Waals surface area contributed by atoms with Gasteiger partial charge in [-0.15, -0.1) is 6.42 Å². The SMILES string of the molecule is C#C[C@@H](O)[C@@H](NC(=O)OC(C)(C)C)[C@@H](C)O. The molecule has 0 spiro atoms. The standard InChI is InChI=1S/C11H19NO4/c1-6-8(14)9(7(2)13)12-10(15)16-11(3,4)5/h1,7-9,13-14H,2-5H3,(H,12,15)/t7-,8-,9+/m1/s1. The molecule has 0 aromatic carbocycles. The molecule has 1 amide bonds. The number of hydrogen-bond donors (Lipinski definition) is 3. The second kappa shape index (κ2) is 5.73.